The van der Waals surface area contributed by atoms with Crippen LogP contribution in [0.4, 0.5) is 5.69 Å². The number of carbonyl (C=O) groups excluding carboxylic acids is 3. The fourth-order valence-corrected chi connectivity index (χ4v) is 3.10. The lowest BCUT2D eigenvalue weighted by Gasteiger charge is -2.09. The molecule has 0 unspecified atom stereocenters. The first kappa shape index (κ1) is 23.5. The molecule has 0 saturated heterocycles. The first-order valence-corrected chi connectivity index (χ1v) is 10.6. The number of benzene rings is 2. The van der Waals surface area contributed by atoms with E-state index in [1.54, 1.807) is 67.1 Å². The highest BCUT2D eigenvalue weighted by Gasteiger charge is 2.16. The molecule has 3 aromatic rings. The Morgan fingerprint density at radius 1 is 0.970 bits per heavy atom. The van der Waals surface area contributed by atoms with Gasteiger partial charge in [0.15, 0.2) is 0 Å². The van der Waals surface area contributed by atoms with Gasteiger partial charge in [0.2, 0.25) is 5.91 Å². The van der Waals surface area contributed by atoms with Gasteiger partial charge >= 0.3 is 5.97 Å². The van der Waals surface area contributed by atoms with Crippen molar-refractivity contribution in [3.63, 3.8) is 0 Å². The number of nitrogens with one attached hydrogen (secondary N) is 2. The minimum Gasteiger partial charge on any atom is -0.494 e. The van der Waals surface area contributed by atoms with Crippen molar-refractivity contribution in [3.8, 4) is 11.4 Å². The van der Waals surface area contributed by atoms with Gasteiger partial charge in [0.25, 0.3) is 5.91 Å². The zero-order valence-electron chi connectivity index (χ0n) is 18.8. The maximum atomic E-state index is 12.4. The standard InChI is InChI=1S/C24H26N4O5/c1-4-32-20-12-8-18(9-13-20)27-22(29)15-25-23(30)17-6-10-19(11-7-17)28-16(3)21(14-26-28)24(31)33-5-2/h6-14H,4-5,15H2,1-3H3,(H,25,30)(H,27,29). The van der Waals surface area contributed by atoms with Crippen LogP contribution in [0.2, 0.25) is 0 Å². The number of rotatable bonds is 9. The van der Waals surface area contributed by atoms with Crippen molar-refractivity contribution < 1.29 is 23.9 Å². The van der Waals surface area contributed by atoms with Gasteiger partial charge in [-0.1, -0.05) is 0 Å². The molecule has 0 atom stereocenters. The third-order valence-electron chi connectivity index (χ3n) is 4.74. The Morgan fingerprint density at radius 3 is 2.30 bits per heavy atom. The Labute approximate surface area is 191 Å². The maximum absolute atomic E-state index is 12.4. The summed E-state index contributed by atoms with van der Waals surface area (Å²) < 4.78 is 12.0. The summed E-state index contributed by atoms with van der Waals surface area (Å²) in [6, 6.07) is 13.7. The molecule has 2 aromatic carbocycles. The smallest absolute Gasteiger partial charge is 0.341 e. The molecular formula is C24H26N4O5. The highest BCUT2D eigenvalue weighted by molar-refractivity contribution is 5.99. The van der Waals surface area contributed by atoms with E-state index in [2.05, 4.69) is 15.7 Å². The minimum absolute atomic E-state index is 0.172. The normalized spacial score (nSPS) is 10.4. The van der Waals surface area contributed by atoms with Crippen molar-refractivity contribution in [2.75, 3.05) is 25.1 Å². The Morgan fingerprint density at radius 2 is 1.67 bits per heavy atom. The molecule has 33 heavy (non-hydrogen) atoms. The molecule has 9 nitrogen and oxygen atoms in total. The van der Waals surface area contributed by atoms with Gasteiger partial charge in [0.05, 0.1) is 37.3 Å². The second-order valence-corrected chi connectivity index (χ2v) is 7.01. The van der Waals surface area contributed by atoms with Crippen molar-refractivity contribution in [2.45, 2.75) is 20.8 Å². The summed E-state index contributed by atoms with van der Waals surface area (Å²) in [5, 5.41) is 9.55. The van der Waals surface area contributed by atoms with Gasteiger partial charge in [-0.3, -0.25) is 9.59 Å². The van der Waals surface area contributed by atoms with E-state index in [4.69, 9.17) is 9.47 Å². The molecule has 0 aliphatic rings. The van der Waals surface area contributed by atoms with Crippen LogP contribution in [0.3, 0.4) is 0 Å². The number of aromatic nitrogens is 2. The van der Waals surface area contributed by atoms with Gasteiger partial charge in [0.1, 0.15) is 11.3 Å². The first-order valence-electron chi connectivity index (χ1n) is 10.6. The molecule has 1 heterocycles. The van der Waals surface area contributed by atoms with E-state index in [-0.39, 0.29) is 25.0 Å². The Balaban J connectivity index is 1.56. The van der Waals surface area contributed by atoms with Crippen LogP contribution in [0.5, 0.6) is 5.75 Å². The van der Waals surface area contributed by atoms with Gasteiger partial charge in [0, 0.05) is 11.3 Å². The van der Waals surface area contributed by atoms with Crippen molar-refractivity contribution in [3.05, 3.63) is 71.5 Å². The molecule has 0 fully saturated rings. The Bertz CT molecular complexity index is 1120. The van der Waals surface area contributed by atoms with Crippen LogP contribution in [-0.4, -0.2) is 47.3 Å². The molecule has 0 spiro atoms. The molecule has 9 heteroatoms. The molecule has 0 aliphatic carbocycles. The number of nitrogens with zero attached hydrogens (tertiary/aromatic N) is 2. The van der Waals surface area contributed by atoms with Crippen LogP contribution < -0.4 is 15.4 Å². The lowest BCUT2D eigenvalue weighted by Crippen LogP contribution is -2.32. The number of carbonyl (C=O) groups is 3. The lowest BCUT2D eigenvalue weighted by molar-refractivity contribution is -0.115. The fourth-order valence-electron chi connectivity index (χ4n) is 3.10. The number of hydrogen-bond acceptors (Lipinski definition) is 6. The van der Waals surface area contributed by atoms with Crippen LogP contribution in [0.1, 0.15) is 40.3 Å². The van der Waals surface area contributed by atoms with Crippen molar-refractivity contribution in [2.24, 2.45) is 0 Å². The second kappa shape index (κ2) is 10.9. The third kappa shape index (κ3) is 5.97. The van der Waals surface area contributed by atoms with Crippen LogP contribution in [0.15, 0.2) is 54.7 Å². The number of esters is 1. The highest BCUT2D eigenvalue weighted by Crippen LogP contribution is 2.17. The zero-order chi connectivity index (χ0) is 23.8. The van der Waals surface area contributed by atoms with E-state index >= 15 is 0 Å². The van der Waals surface area contributed by atoms with Gasteiger partial charge in [-0.05, 0) is 69.3 Å². The molecule has 172 valence electrons. The van der Waals surface area contributed by atoms with Crippen LogP contribution in [-0.2, 0) is 9.53 Å². The topological polar surface area (TPSA) is 112 Å². The molecule has 0 bridgehead atoms. The van der Waals surface area contributed by atoms with Gasteiger partial charge in [-0.2, -0.15) is 5.10 Å². The zero-order valence-corrected chi connectivity index (χ0v) is 18.8. The predicted molar refractivity (Wildman–Crippen MR) is 123 cm³/mol. The van der Waals surface area contributed by atoms with Crippen LogP contribution >= 0.6 is 0 Å². The monoisotopic (exact) mass is 450 g/mol. The average molecular weight is 450 g/mol. The molecule has 2 N–H and O–H groups in total. The summed E-state index contributed by atoms with van der Waals surface area (Å²) in [5.41, 5.74) is 2.71. The quantitative estimate of drug-likeness (QED) is 0.485. The Hall–Kier alpha value is -4.14. The molecule has 2 amide bonds. The van der Waals surface area contributed by atoms with E-state index in [1.165, 1.54) is 6.20 Å². The molecule has 1 aromatic heterocycles. The van der Waals surface area contributed by atoms with Crippen LogP contribution in [0, 0.1) is 6.92 Å². The van der Waals surface area contributed by atoms with E-state index in [0.29, 0.717) is 34.8 Å². The summed E-state index contributed by atoms with van der Waals surface area (Å²) in [6.45, 7) is 6.08. The van der Waals surface area contributed by atoms with Crippen molar-refractivity contribution in [1.29, 1.82) is 0 Å². The van der Waals surface area contributed by atoms with Crippen molar-refractivity contribution >= 4 is 23.5 Å². The predicted octanol–water partition coefficient (Wildman–Crippen LogP) is 3.12. The third-order valence-corrected chi connectivity index (χ3v) is 4.74. The second-order valence-electron chi connectivity index (χ2n) is 7.01. The fraction of sp³-hybridized carbons (Fsp3) is 0.250. The van der Waals surface area contributed by atoms with Crippen LogP contribution in [0.25, 0.3) is 5.69 Å². The highest BCUT2D eigenvalue weighted by atomic mass is 16.5. The van der Waals surface area contributed by atoms with Crippen molar-refractivity contribution in [1.82, 2.24) is 15.1 Å². The number of anilines is 1. The van der Waals surface area contributed by atoms with Gasteiger partial charge < -0.3 is 20.1 Å². The van der Waals surface area contributed by atoms with E-state index in [1.807, 2.05) is 6.92 Å². The average Bonchev–Trinajstić information content (AvgIpc) is 3.20. The molecule has 0 radical (unpaired) electrons. The first-order chi connectivity index (χ1) is 15.9. The van der Waals surface area contributed by atoms with Gasteiger partial charge in [-0.25, -0.2) is 9.48 Å². The summed E-state index contributed by atoms with van der Waals surface area (Å²) >= 11 is 0. The lowest BCUT2D eigenvalue weighted by atomic mass is 10.2. The molecule has 0 aliphatic heterocycles. The van der Waals surface area contributed by atoms with E-state index in [0.717, 1.165) is 5.75 Å². The number of hydrogen-bond donors (Lipinski definition) is 2. The summed E-state index contributed by atoms with van der Waals surface area (Å²) in [4.78, 5) is 36.5. The number of ether oxygens (including phenoxy) is 2. The van der Waals surface area contributed by atoms with E-state index < -0.39 is 5.97 Å². The minimum atomic E-state index is -0.430. The summed E-state index contributed by atoms with van der Waals surface area (Å²) in [6.07, 6.45) is 1.46. The molecule has 0 saturated carbocycles. The van der Waals surface area contributed by atoms with Gasteiger partial charge in [-0.15, -0.1) is 0 Å². The summed E-state index contributed by atoms with van der Waals surface area (Å²) in [5.74, 6) is -0.439. The van der Waals surface area contributed by atoms with E-state index in [9.17, 15) is 14.4 Å². The molecular weight excluding hydrogens is 424 g/mol. The SMILES string of the molecule is CCOC(=O)c1cnn(-c2ccc(C(=O)NCC(=O)Nc3ccc(OCC)cc3)cc2)c1C. The Kier molecular flexibility index (Phi) is 7.80. The number of amides is 2. The largest absolute Gasteiger partial charge is 0.494 e. The molecule has 3 rings (SSSR count). The maximum Gasteiger partial charge on any atom is 0.341 e. The summed E-state index contributed by atoms with van der Waals surface area (Å²) in [7, 11) is 0.